The number of rotatable bonds is 0. The maximum Gasteiger partial charge on any atom is 0.137 e. The van der Waals surface area contributed by atoms with Gasteiger partial charge in [-0.05, 0) is 52.0 Å². The summed E-state index contributed by atoms with van der Waals surface area (Å²) in [6, 6.07) is 3.16. The van der Waals surface area contributed by atoms with Crippen LogP contribution >= 0.6 is 15.9 Å². The van der Waals surface area contributed by atoms with Crippen LogP contribution in [0.5, 0.6) is 0 Å². The van der Waals surface area contributed by atoms with Crippen molar-refractivity contribution in [3.63, 3.8) is 0 Å². The Kier molecular flexibility index (Phi) is 1.93. The van der Waals surface area contributed by atoms with Gasteiger partial charge < -0.3 is 5.11 Å². The molecule has 0 saturated heterocycles. The minimum Gasteiger partial charge on any atom is -0.388 e. The Morgan fingerprint density at radius 1 is 1.50 bits per heavy atom. The van der Waals surface area contributed by atoms with Crippen LogP contribution < -0.4 is 0 Å². The van der Waals surface area contributed by atoms with Gasteiger partial charge in [-0.25, -0.2) is 4.39 Å². The average Bonchev–Trinajstić information content (AvgIpc) is 2.35. The number of aliphatic hydroxyl groups is 1. The normalized spacial score (nSPS) is 21.1. The average molecular weight is 231 g/mol. The van der Waals surface area contributed by atoms with Crippen LogP contribution in [-0.2, 0) is 6.42 Å². The first-order valence-electron chi connectivity index (χ1n) is 3.84. The molecule has 0 unspecified atom stereocenters. The second-order valence-electron chi connectivity index (χ2n) is 3.02. The molecule has 1 aliphatic rings. The van der Waals surface area contributed by atoms with E-state index in [-0.39, 0.29) is 5.82 Å². The molecule has 12 heavy (non-hydrogen) atoms. The van der Waals surface area contributed by atoms with Crippen LogP contribution in [0.1, 0.15) is 23.7 Å². The second kappa shape index (κ2) is 2.82. The van der Waals surface area contributed by atoms with E-state index in [0.29, 0.717) is 10.9 Å². The van der Waals surface area contributed by atoms with E-state index in [1.54, 1.807) is 6.07 Å². The molecule has 1 atom stereocenters. The molecular formula is C9H8BrFO. The highest BCUT2D eigenvalue weighted by atomic mass is 79.9. The van der Waals surface area contributed by atoms with E-state index < -0.39 is 6.10 Å². The number of fused-ring (bicyclic) bond motifs is 1. The van der Waals surface area contributed by atoms with Gasteiger partial charge in [0, 0.05) is 0 Å². The standard InChI is InChI=1S/C9H8BrFO/c10-7-3-5-1-2-9(12)6(5)4-8(7)11/h3-4,9,12H,1-2H2/t9-/m0/s1. The fraction of sp³-hybridized carbons (Fsp3) is 0.333. The van der Waals surface area contributed by atoms with Gasteiger partial charge in [0.05, 0.1) is 10.6 Å². The molecule has 0 fully saturated rings. The molecule has 1 N–H and O–H groups in total. The lowest BCUT2D eigenvalue weighted by atomic mass is 10.1. The van der Waals surface area contributed by atoms with E-state index in [1.807, 2.05) is 0 Å². The van der Waals surface area contributed by atoms with Crippen LogP contribution in [0.2, 0.25) is 0 Å². The van der Waals surface area contributed by atoms with Gasteiger partial charge in [-0.2, -0.15) is 0 Å². The number of hydrogen-bond acceptors (Lipinski definition) is 1. The molecule has 1 aliphatic carbocycles. The molecule has 0 bridgehead atoms. The molecule has 0 aromatic heterocycles. The third-order valence-corrected chi connectivity index (χ3v) is 2.84. The van der Waals surface area contributed by atoms with Crippen molar-refractivity contribution in [3.8, 4) is 0 Å². The van der Waals surface area contributed by atoms with Crippen molar-refractivity contribution in [1.29, 1.82) is 0 Å². The van der Waals surface area contributed by atoms with Crippen molar-refractivity contribution < 1.29 is 9.50 Å². The lowest BCUT2D eigenvalue weighted by Gasteiger charge is -2.04. The number of benzene rings is 1. The van der Waals surface area contributed by atoms with Gasteiger partial charge in [0.15, 0.2) is 0 Å². The topological polar surface area (TPSA) is 20.2 Å². The minimum absolute atomic E-state index is 0.297. The fourth-order valence-corrected chi connectivity index (χ4v) is 1.97. The van der Waals surface area contributed by atoms with E-state index in [2.05, 4.69) is 15.9 Å². The van der Waals surface area contributed by atoms with Crippen LogP contribution in [0.3, 0.4) is 0 Å². The Morgan fingerprint density at radius 2 is 2.25 bits per heavy atom. The highest BCUT2D eigenvalue weighted by Gasteiger charge is 2.21. The number of halogens is 2. The molecule has 0 radical (unpaired) electrons. The molecule has 1 aromatic carbocycles. The van der Waals surface area contributed by atoms with E-state index in [1.165, 1.54) is 6.07 Å². The summed E-state index contributed by atoms with van der Waals surface area (Å²) in [6.07, 6.45) is 1.09. The Morgan fingerprint density at radius 3 is 3.00 bits per heavy atom. The lowest BCUT2D eigenvalue weighted by molar-refractivity contribution is 0.179. The Bertz CT molecular complexity index is 325. The molecular weight excluding hydrogens is 223 g/mol. The summed E-state index contributed by atoms with van der Waals surface area (Å²) in [4.78, 5) is 0. The van der Waals surface area contributed by atoms with Crippen molar-refractivity contribution in [2.75, 3.05) is 0 Å². The second-order valence-corrected chi connectivity index (χ2v) is 3.87. The molecule has 0 amide bonds. The maximum atomic E-state index is 13.0. The smallest absolute Gasteiger partial charge is 0.137 e. The van der Waals surface area contributed by atoms with Gasteiger partial charge in [0.2, 0.25) is 0 Å². The molecule has 0 spiro atoms. The van der Waals surface area contributed by atoms with Crippen molar-refractivity contribution in [1.82, 2.24) is 0 Å². The molecule has 0 aliphatic heterocycles. The predicted octanol–water partition coefficient (Wildman–Crippen LogP) is 2.57. The zero-order chi connectivity index (χ0) is 8.72. The van der Waals surface area contributed by atoms with Crippen molar-refractivity contribution in [2.24, 2.45) is 0 Å². The number of hydrogen-bond donors (Lipinski definition) is 1. The van der Waals surface area contributed by atoms with Gasteiger partial charge >= 0.3 is 0 Å². The molecule has 0 heterocycles. The van der Waals surface area contributed by atoms with E-state index in [0.717, 1.165) is 17.5 Å². The quantitative estimate of drug-likeness (QED) is 0.727. The third kappa shape index (κ3) is 1.17. The first-order valence-corrected chi connectivity index (χ1v) is 4.63. The van der Waals surface area contributed by atoms with E-state index in [9.17, 15) is 9.50 Å². The van der Waals surface area contributed by atoms with Gasteiger partial charge in [-0.1, -0.05) is 0 Å². The summed E-state index contributed by atoms with van der Waals surface area (Å²) in [5.41, 5.74) is 1.80. The minimum atomic E-state index is -0.470. The Labute approximate surface area is 78.3 Å². The van der Waals surface area contributed by atoms with Crippen molar-refractivity contribution in [3.05, 3.63) is 33.5 Å². The number of aliphatic hydroxyl groups excluding tert-OH is 1. The molecule has 1 aromatic rings. The summed E-state index contributed by atoms with van der Waals surface area (Å²) >= 11 is 3.11. The highest BCUT2D eigenvalue weighted by molar-refractivity contribution is 9.10. The van der Waals surface area contributed by atoms with Crippen LogP contribution in [-0.4, -0.2) is 5.11 Å². The summed E-state index contributed by atoms with van der Waals surface area (Å²) in [5, 5.41) is 9.41. The van der Waals surface area contributed by atoms with Gasteiger partial charge in [0.25, 0.3) is 0 Å². The Hall–Kier alpha value is -0.410. The molecule has 2 rings (SSSR count). The zero-order valence-electron chi connectivity index (χ0n) is 6.35. The first kappa shape index (κ1) is 8.20. The van der Waals surface area contributed by atoms with Gasteiger partial charge in [0.1, 0.15) is 5.82 Å². The molecule has 0 saturated carbocycles. The highest BCUT2D eigenvalue weighted by Crippen LogP contribution is 2.33. The lowest BCUT2D eigenvalue weighted by Crippen LogP contribution is -1.91. The van der Waals surface area contributed by atoms with E-state index in [4.69, 9.17) is 0 Å². The van der Waals surface area contributed by atoms with Crippen LogP contribution in [0.4, 0.5) is 4.39 Å². The summed E-state index contributed by atoms with van der Waals surface area (Å²) in [5.74, 6) is -0.297. The predicted molar refractivity (Wildman–Crippen MR) is 47.4 cm³/mol. The molecule has 64 valence electrons. The summed E-state index contributed by atoms with van der Waals surface area (Å²) in [6.45, 7) is 0. The van der Waals surface area contributed by atoms with Crippen molar-refractivity contribution in [2.45, 2.75) is 18.9 Å². The largest absolute Gasteiger partial charge is 0.388 e. The Balaban J connectivity index is 2.56. The summed E-state index contributed by atoms with van der Waals surface area (Å²) < 4.78 is 13.5. The van der Waals surface area contributed by atoms with Crippen LogP contribution in [0, 0.1) is 5.82 Å². The van der Waals surface area contributed by atoms with Gasteiger partial charge in [-0.3, -0.25) is 0 Å². The van der Waals surface area contributed by atoms with Gasteiger partial charge in [-0.15, -0.1) is 0 Å². The maximum absolute atomic E-state index is 13.0. The molecule has 3 heteroatoms. The SMILES string of the molecule is O[C@H]1CCc2cc(Br)c(F)cc21. The molecule has 1 nitrogen and oxygen atoms in total. The number of aryl methyl sites for hydroxylation is 1. The monoisotopic (exact) mass is 230 g/mol. The first-order chi connectivity index (χ1) is 5.68. The zero-order valence-corrected chi connectivity index (χ0v) is 7.94. The fourth-order valence-electron chi connectivity index (χ4n) is 1.58. The summed E-state index contributed by atoms with van der Waals surface area (Å²) in [7, 11) is 0. The van der Waals surface area contributed by atoms with Crippen LogP contribution in [0.15, 0.2) is 16.6 Å². The van der Waals surface area contributed by atoms with Crippen molar-refractivity contribution >= 4 is 15.9 Å². The van der Waals surface area contributed by atoms with Crippen LogP contribution in [0.25, 0.3) is 0 Å². The van der Waals surface area contributed by atoms with E-state index >= 15 is 0 Å². The third-order valence-electron chi connectivity index (χ3n) is 2.23.